The van der Waals surface area contributed by atoms with E-state index in [0.717, 1.165) is 28.1 Å². The summed E-state index contributed by atoms with van der Waals surface area (Å²) in [4.78, 5) is 4.60. The molecule has 0 aliphatic heterocycles. The molecule has 0 saturated heterocycles. The van der Waals surface area contributed by atoms with Gasteiger partial charge >= 0.3 is 0 Å². The number of thioether (sulfide) groups is 1. The summed E-state index contributed by atoms with van der Waals surface area (Å²) in [6.45, 7) is 2.07. The fraction of sp³-hybridized carbons (Fsp3) is 0.357. The second-order valence-corrected chi connectivity index (χ2v) is 6.42. The zero-order chi connectivity index (χ0) is 14.4. The Labute approximate surface area is 126 Å². The van der Waals surface area contributed by atoms with Crippen LogP contribution in [0.25, 0.3) is 5.65 Å². The zero-order valence-electron chi connectivity index (χ0n) is 11.7. The minimum Gasteiger partial charge on any atom is -0.336 e. The number of nitrogens with zero attached hydrogens (tertiary/aromatic N) is 5. The van der Waals surface area contributed by atoms with Crippen molar-refractivity contribution in [3.8, 4) is 0 Å². The SMILES string of the molecule is Cc1ccc2nc(CSc3nnc(C4CC4)n3N)cn2c1. The lowest BCUT2D eigenvalue weighted by Crippen LogP contribution is -2.13. The Morgan fingerprint density at radius 1 is 1.29 bits per heavy atom. The van der Waals surface area contributed by atoms with Gasteiger partial charge in [-0.15, -0.1) is 10.2 Å². The van der Waals surface area contributed by atoms with Gasteiger partial charge in [0.1, 0.15) is 5.65 Å². The Kier molecular flexibility index (Phi) is 2.88. The molecule has 0 radical (unpaired) electrons. The van der Waals surface area contributed by atoms with Gasteiger partial charge in [-0.2, -0.15) is 0 Å². The molecule has 0 bridgehead atoms. The van der Waals surface area contributed by atoms with E-state index < -0.39 is 0 Å². The highest BCUT2D eigenvalue weighted by atomic mass is 32.2. The molecule has 0 spiro atoms. The van der Waals surface area contributed by atoms with E-state index in [-0.39, 0.29) is 0 Å². The van der Waals surface area contributed by atoms with Gasteiger partial charge in [-0.1, -0.05) is 17.8 Å². The van der Waals surface area contributed by atoms with Crippen molar-refractivity contribution >= 4 is 17.4 Å². The predicted octanol–water partition coefficient (Wildman–Crippen LogP) is 2.12. The minimum atomic E-state index is 0.509. The maximum absolute atomic E-state index is 6.05. The van der Waals surface area contributed by atoms with Gasteiger partial charge in [-0.3, -0.25) is 0 Å². The van der Waals surface area contributed by atoms with Gasteiger partial charge in [0.2, 0.25) is 5.16 Å². The molecule has 108 valence electrons. The number of rotatable bonds is 4. The highest BCUT2D eigenvalue weighted by Crippen LogP contribution is 2.39. The predicted molar refractivity (Wildman–Crippen MR) is 81.6 cm³/mol. The molecule has 21 heavy (non-hydrogen) atoms. The number of nitrogens with two attached hydrogens (primary N) is 1. The lowest BCUT2D eigenvalue weighted by atomic mass is 10.3. The van der Waals surface area contributed by atoms with Crippen LogP contribution in [0.4, 0.5) is 0 Å². The summed E-state index contributed by atoms with van der Waals surface area (Å²) >= 11 is 1.57. The third-order valence-electron chi connectivity index (χ3n) is 3.63. The topological polar surface area (TPSA) is 74.0 Å². The second-order valence-electron chi connectivity index (χ2n) is 5.48. The van der Waals surface area contributed by atoms with Crippen molar-refractivity contribution < 1.29 is 0 Å². The van der Waals surface area contributed by atoms with Crippen molar-refractivity contribution in [3.05, 3.63) is 41.6 Å². The number of imidazole rings is 1. The average Bonchev–Trinajstić information content (AvgIpc) is 3.12. The quantitative estimate of drug-likeness (QED) is 0.590. The summed E-state index contributed by atoms with van der Waals surface area (Å²) in [6, 6.07) is 4.10. The van der Waals surface area contributed by atoms with Gasteiger partial charge in [0.05, 0.1) is 5.69 Å². The highest BCUT2D eigenvalue weighted by molar-refractivity contribution is 7.98. The molecule has 0 amide bonds. The van der Waals surface area contributed by atoms with Gasteiger partial charge in [-0.25, -0.2) is 9.66 Å². The van der Waals surface area contributed by atoms with Crippen molar-refractivity contribution in [2.75, 3.05) is 5.84 Å². The third kappa shape index (κ3) is 2.37. The molecule has 1 aliphatic rings. The van der Waals surface area contributed by atoms with Crippen LogP contribution in [0.3, 0.4) is 0 Å². The Morgan fingerprint density at radius 2 is 2.14 bits per heavy atom. The lowest BCUT2D eigenvalue weighted by Gasteiger charge is -2.00. The molecule has 4 rings (SSSR count). The number of hydrogen-bond acceptors (Lipinski definition) is 5. The summed E-state index contributed by atoms with van der Waals surface area (Å²) < 4.78 is 3.68. The molecule has 6 nitrogen and oxygen atoms in total. The second kappa shape index (κ2) is 4.77. The molecule has 3 aromatic heterocycles. The normalized spacial score (nSPS) is 14.9. The number of hydrogen-bond donors (Lipinski definition) is 1. The first-order chi connectivity index (χ1) is 10.2. The Hall–Kier alpha value is -2.02. The Morgan fingerprint density at radius 3 is 2.95 bits per heavy atom. The van der Waals surface area contributed by atoms with E-state index >= 15 is 0 Å². The van der Waals surface area contributed by atoms with Gasteiger partial charge in [0.15, 0.2) is 5.82 Å². The van der Waals surface area contributed by atoms with Crippen molar-refractivity contribution in [1.82, 2.24) is 24.3 Å². The maximum Gasteiger partial charge on any atom is 0.210 e. The standard InChI is InChI=1S/C14H16N6S/c1-9-2-5-12-16-11(7-19(12)6-9)8-21-14-18-17-13(20(14)15)10-3-4-10/h2,5-7,10H,3-4,8,15H2,1H3. The number of aromatic nitrogens is 5. The summed E-state index contributed by atoms with van der Waals surface area (Å²) in [5, 5.41) is 9.12. The molecule has 2 N–H and O–H groups in total. The van der Waals surface area contributed by atoms with Crippen molar-refractivity contribution in [3.63, 3.8) is 0 Å². The fourth-order valence-electron chi connectivity index (χ4n) is 2.37. The molecule has 1 aliphatic carbocycles. The Bertz CT molecular complexity index is 801. The van der Waals surface area contributed by atoms with E-state index in [2.05, 4.69) is 34.4 Å². The molecule has 0 aromatic carbocycles. The average molecular weight is 300 g/mol. The minimum absolute atomic E-state index is 0.509. The van der Waals surface area contributed by atoms with Crippen LogP contribution in [0, 0.1) is 6.92 Å². The molecule has 7 heteroatoms. The summed E-state index contributed by atoms with van der Waals surface area (Å²) in [5.41, 5.74) is 3.19. The molecular formula is C14H16N6S. The summed E-state index contributed by atoms with van der Waals surface area (Å²) in [5.74, 6) is 8.20. The monoisotopic (exact) mass is 300 g/mol. The first kappa shape index (κ1) is 12.7. The van der Waals surface area contributed by atoms with E-state index in [4.69, 9.17) is 5.84 Å². The third-order valence-corrected chi connectivity index (χ3v) is 4.61. The molecule has 3 heterocycles. The lowest BCUT2D eigenvalue weighted by molar-refractivity contribution is 0.790. The van der Waals surface area contributed by atoms with Crippen molar-refractivity contribution in [2.24, 2.45) is 0 Å². The zero-order valence-corrected chi connectivity index (χ0v) is 12.5. The largest absolute Gasteiger partial charge is 0.336 e. The van der Waals surface area contributed by atoms with Gasteiger partial charge in [-0.05, 0) is 31.4 Å². The first-order valence-corrected chi connectivity index (χ1v) is 7.97. The van der Waals surface area contributed by atoms with Crippen LogP contribution in [0.1, 0.15) is 35.8 Å². The summed E-state index contributed by atoms with van der Waals surface area (Å²) in [6.07, 6.45) is 6.47. The van der Waals surface area contributed by atoms with E-state index in [1.165, 1.54) is 18.4 Å². The molecular weight excluding hydrogens is 284 g/mol. The van der Waals surface area contributed by atoms with Crippen molar-refractivity contribution in [1.29, 1.82) is 0 Å². The van der Waals surface area contributed by atoms with E-state index in [1.54, 1.807) is 16.4 Å². The molecule has 0 atom stereocenters. The smallest absolute Gasteiger partial charge is 0.210 e. The van der Waals surface area contributed by atoms with Gasteiger partial charge < -0.3 is 10.2 Å². The van der Waals surface area contributed by atoms with E-state index in [0.29, 0.717) is 5.92 Å². The van der Waals surface area contributed by atoms with Gasteiger partial charge in [0.25, 0.3) is 0 Å². The van der Waals surface area contributed by atoms with Crippen LogP contribution in [0.2, 0.25) is 0 Å². The molecule has 0 unspecified atom stereocenters. The molecule has 1 saturated carbocycles. The van der Waals surface area contributed by atoms with Crippen LogP contribution in [-0.2, 0) is 5.75 Å². The van der Waals surface area contributed by atoms with Crippen LogP contribution in [0.5, 0.6) is 0 Å². The highest BCUT2D eigenvalue weighted by Gasteiger charge is 2.29. The Balaban J connectivity index is 1.52. The maximum atomic E-state index is 6.05. The van der Waals surface area contributed by atoms with Crippen LogP contribution >= 0.6 is 11.8 Å². The molecule has 1 fully saturated rings. The first-order valence-electron chi connectivity index (χ1n) is 6.98. The summed E-state index contributed by atoms with van der Waals surface area (Å²) in [7, 11) is 0. The van der Waals surface area contributed by atoms with Crippen LogP contribution in [0.15, 0.2) is 29.7 Å². The number of aryl methyl sites for hydroxylation is 1. The van der Waals surface area contributed by atoms with Crippen molar-refractivity contribution in [2.45, 2.75) is 36.6 Å². The fourth-order valence-corrected chi connectivity index (χ4v) is 3.12. The number of nitrogen functional groups attached to an aromatic ring is 1. The van der Waals surface area contributed by atoms with E-state index in [1.807, 2.05) is 16.7 Å². The number of pyridine rings is 1. The molecule has 3 aromatic rings. The van der Waals surface area contributed by atoms with Crippen LogP contribution < -0.4 is 5.84 Å². The number of fused-ring (bicyclic) bond motifs is 1. The van der Waals surface area contributed by atoms with E-state index in [9.17, 15) is 0 Å². The van der Waals surface area contributed by atoms with Gasteiger partial charge in [0, 0.05) is 24.1 Å². The van der Waals surface area contributed by atoms with Crippen LogP contribution in [-0.4, -0.2) is 24.3 Å².